The van der Waals surface area contributed by atoms with Gasteiger partial charge in [0.05, 0.1) is 11.9 Å². The summed E-state index contributed by atoms with van der Waals surface area (Å²) in [7, 11) is 0. The number of aryl methyl sites for hydroxylation is 1. The number of rotatable bonds is 4. The first-order chi connectivity index (χ1) is 9.58. The second-order valence-electron chi connectivity index (χ2n) is 4.24. The van der Waals surface area contributed by atoms with Gasteiger partial charge in [0.15, 0.2) is 0 Å². The van der Waals surface area contributed by atoms with Gasteiger partial charge in [0.25, 0.3) is 5.91 Å². The first-order valence-corrected chi connectivity index (χ1v) is 6.61. The number of hydrogen-bond donors (Lipinski definition) is 2. The maximum atomic E-state index is 12.2. The largest absolute Gasteiger partial charge is 0.370 e. The Labute approximate surface area is 122 Å². The quantitative estimate of drug-likeness (QED) is 0.849. The van der Waals surface area contributed by atoms with Crippen LogP contribution in [-0.2, 0) is 0 Å². The summed E-state index contributed by atoms with van der Waals surface area (Å²) in [5, 5.41) is 6.07. The molecule has 5 nitrogen and oxygen atoms in total. The molecule has 2 N–H and O–H groups in total. The van der Waals surface area contributed by atoms with Gasteiger partial charge in [-0.1, -0.05) is 11.6 Å². The van der Waals surface area contributed by atoms with Crippen LogP contribution in [0, 0.1) is 6.92 Å². The van der Waals surface area contributed by atoms with Crippen molar-refractivity contribution in [3.8, 4) is 0 Å². The third kappa shape index (κ3) is 3.68. The zero-order valence-electron chi connectivity index (χ0n) is 11.3. The minimum absolute atomic E-state index is 0.251. The number of carbonyl (C=O) groups excluding carboxylic acids is 1. The van der Waals surface area contributed by atoms with Gasteiger partial charge in [-0.15, -0.1) is 0 Å². The van der Waals surface area contributed by atoms with E-state index in [-0.39, 0.29) is 11.1 Å². The van der Waals surface area contributed by atoms with Gasteiger partial charge in [0.1, 0.15) is 11.0 Å². The summed E-state index contributed by atoms with van der Waals surface area (Å²) in [4.78, 5) is 20.4. The molecule has 0 radical (unpaired) electrons. The Morgan fingerprint density at radius 1 is 1.35 bits per heavy atom. The van der Waals surface area contributed by atoms with Crippen LogP contribution >= 0.6 is 11.6 Å². The average molecular weight is 291 g/mol. The highest BCUT2D eigenvalue weighted by atomic mass is 35.5. The van der Waals surface area contributed by atoms with Crippen LogP contribution in [0.5, 0.6) is 0 Å². The fraction of sp³-hybridized carbons (Fsp3) is 0.214. The molecule has 1 amide bonds. The van der Waals surface area contributed by atoms with Gasteiger partial charge in [-0.3, -0.25) is 9.78 Å². The Kier molecular flexibility index (Phi) is 4.53. The lowest BCUT2D eigenvalue weighted by Crippen LogP contribution is -2.13. The molecule has 6 heteroatoms. The van der Waals surface area contributed by atoms with Crippen molar-refractivity contribution in [1.29, 1.82) is 0 Å². The molecular weight excluding hydrogens is 276 g/mol. The van der Waals surface area contributed by atoms with E-state index >= 15 is 0 Å². The predicted octanol–water partition coefficient (Wildman–Crippen LogP) is 3.12. The summed E-state index contributed by atoms with van der Waals surface area (Å²) in [6, 6.07) is 6.82. The predicted molar refractivity (Wildman–Crippen MR) is 80.3 cm³/mol. The van der Waals surface area contributed by atoms with E-state index in [9.17, 15) is 4.79 Å². The van der Waals surface area contributed by atoms with Gasteiger partial charge >= 0.3 is 0 Å². The number of aromatic nitrogens is 2. The molecule has 2 aromatic heterocycles. The number of halogens is 1. The van der Waals surface area contributed by atoms with Gasteiger partial charge in [0.2, 0.25) is 0 Å². The topological polar surface area (TPSA) is 66.9 Å². The van der Waals surface area contributed by atoms with Crippen molar-refractivity contribution in [3.63, 3.8) is 0 Å². The molecule has 2 rings (SSSR count). The number of hydrogen-bond acceptors (Lipinski definition) is 4. The van der Waals surface area contributed by atoms with Crippen molar-refractivity contribution >= 4 is 29.0 Å². The Balaban J connectivity index is 2.18. The zero-order chi connectivity index (χ0) is 14.5. The first kappa shape index (κ1) is 14.3. The normalized spacial score (nSPS) is 10.2. The maximum Gasteiger partial charge on any atom is 0.255 e. The van der Waals surface area contributed by atoms with Crippen LogP contribution < -0.4 is 10.6 Å². The molecule has 0 fully saturated rings. The van der Waals surface area contributed by atoms with Crippen LogP contribution in [0.1, 0.15) is 23.0 Å². The van der Waals surface area contributed by atoms with E-state index in [1.165, 1.54) is 6.07 Å². The SMILES string of the molecule is CCNc1cc(C(=O)Nc2ccc(C)nc2)cc(Cl)n1. The fourth-order valence-corrected chi connectivity index (χ4v) is 1.85. The molecule has 0 aliphatic rings. The molecule has 0 aliphatic heterocycles. The van der Waals surface area contributed by atoms with Crippen molar-refractivity contribution in [2.75, 3.05) is 17.2 Å². The van der Waals surface area contributed by atoms with Gasteiger partial charge in [-0.05, 0) is 38.1 Å². The molecule has 0 spiro atoms. The van der Waals surface area contributed by atoms with Crippen LogP contribution in [0.2, 0.25) is 5.15 Å². The van der Waals surface area contributed by atoms with Gasteiger partial charge in [0, 0.05) is 17.8 Å². The first-order valence-electron chi connectivity index (χ1n) is 6.24. The van der Waals surface area contributed by atoms with E-state index in [1.54, 1.807) is 18.3 Å². The number of pyridine rings is 2. The monoisotopic (exact) mass is 290 g/mol. The van der Waals surface area contributed by atoms with Crippen LogP contribution in [0.15, 0.2) is 30.5 Å². The summed E-state index contributed by atoms with van der Waals surface area (Å²) in [5.74, 6) is 0.325. The van der Waals surface area contributed by atoms with Crippen LogP contribution in [0.4, 0.5) is 11.5 Å². The Hall–Kier alpha value is -2.14. The van der Waals surface area contributed by atoms with Gasteiger partial charge < -0.3 is 10.6 Å². The van der Waals surface area contributed by atoms with E-state index < -0.39 is 0 Å². The molecule has 0 saturated carbocycles. The lowest BCUT2D eigenvalue weighted by Gasteiger charge is -2.08. The molecular formula is C14H15ClN4O. The summed E-state index contributed by atoms with van der Waals surface area (Å²) in [6.45, 7) is 4.54. The van der Waals surface area contributed by atoms with Crippen LogP contribution in [0.25, 0.3) is 0 Å². The highest BCUT2D eigenvalue weighted by molar-refractivity contribution is 6.30. The third-order valence-electron chi connectivity index (χ3n) is 2.58. The lowest BCUT2D eigenvalue weighted by molar-refractivity contribution is 0.102. The number of carbonyl (C=O) groups is 1. The van der Waals surface area contributed by atoms with Crippen molar-refractivity contribution in [2.24, 2.45) is 0 Å². The molecule has 2 heterocycles. The molecule has 0 unspecified atom stereocenters. The molecule has 20 heavy (non-hydrogen) atoms. The van der Waals surface area contributed by atoms with E-state index in [0.29, 0.717) is 23.6 Å². The highest BCUT2D eigenvalue weighted by Gasteiger charge is 2.09. The molecule has 2 aromatic rings. The van der Waals surface area contributed by atoms with Crippen LogP contribution in [-0.4, -0.2) is 22.4 Å². The zero-order valence-corrected chi connectivity index (χ0v) is 12.0. The van der Waals surface area contributed by atoms with Crippen molar-refractivity contribution in [2.45, 2.75) is 13.8 Å². The fourth-order valence-electron chi connectivity index (χ4n) is 1.64. The maximum absolute atomic E-state index is 12.2. The Morgan fingerprint density at radius 3 is 2.80 bits per heavy atom. The molecule has 0 aliphatic carbocycles. The van der Waals surface area contributed by atoms with Crippen molar-refractivity contribution < 1.29 is 4.79 Å². The molecule has 104 valence electrons. The van der Waals surface area contributed by atoms with Crippen molar-refractivity contribution in [1.82, 2.24) is 9.97 Å². The average Bonchev–Trinajstić information content (AvgIpc) is 2.41. The number of nitrogens with zero attached hydrogens (tertiary/aromatic N) is 2. The second-order valence-corrected chi connectivity index (χ2v) is 4.62. The second kappa shape index (κ2) is 6.34. The van der Waals surface area contributed by atoms with Crippen molar-refractivity contribution in [3.05, 3.63) is 46.9 Å². The summed E-state index contributed by atoms with van der Waals surface area (Å²) in [6.07, 6.45) is 1.61. The lowest BCUT2D eigenvalue weighted by atomic mass is 10.2. The van der Waals surface area contributed by atoms with E-state index in [1.807, 2.05) is 19.9 Å². The Morgan fingerprint density at radius 2 is 2.15 bits per heavy atom. The molecule has 0 atom stereocenters. The Bertz CT molecular complexity index is 613. The third-order valence-corrected chi connectivity index (χ3v) is 2.78. The van der Waals surface area contributed by atoms with E-state index in [0.717, 1.165) is 5.69 Å². The molecule has 0 aromatic carbocycles. The standard InChI is InChI=1S/C14H15ClN4O/c1-3-16-13-7-10(6-12(15)19-13)14(20)18-11-5-4-9(2)17-8-11/h4-8H,3H2,1-2H3,(H,16,19)(H,18,20). The van der Waals surface area contributed by atoms with E-state index in [2.05, 4.69) is 20.6 Å². The summed E-state index contributed by atoms with van der Waals surface area (Å²) in [5.41, 5.74) is 1.98. The number of amides is 1. The van der Waals surface area contributed by atoms with Gasteiger partial charge in [-0.2, -0.15) is 0 Å². The smallest absolute Gasteiger partial charge is 0.255 e. The van der Waals surface area contributed by atoms with Gasteiger partial charge in [-0.25, -0.2) is 4.98 Å². The minimum Gasteiger partial charge on any atom is -0.370 e. The van der Waals surface area contributed by atoms with E-state index in [4.69, 9.17) is 11.6 Å². The summed E-state index contributed by atoms with van der Waals surface area (Å²) >= 11 is 5.91. The summed E-state index contributed by atoms with van der Waals surface area (Å²) < 4.78 is 0. The van der Waals surface area contributed by atoms with Crippen LogP contribution in [0.3, 0.4) is 0 Å². The number of anilines is 2. The molecule has 0 saturated heterocycles. The minimum atomic E-state index is -0.251. The molecule has 0 bridgehead atoms. The number of nitrogens with one attached hydrogen (secondary N) is 2. The highest BCUT2D eigenvalue weighted by Crippen LogP contribution is 2.16.